The predicted octanol–water partition coefficient (Wildman–Crippen LogP) is 3.01. The maximum atomic E-state index is 12.2. The Bertz CT molecular complexity index is 416. The molecular weight excluding hydrogens is 214 g/mol. The van der Waals surface area contributed by atoms with Crippen molar-refractivity contribution in [2.75, 3.05) is 0 Å². The van der Waals surface area contributed by atoms with E-state index >= 15 is 0 Å². The highest BCUT2D eigenvalue weighted by Gasteiger charge is 2.36. The first-order valence-corrected chi connectivity index (χ1v) is 5.80. The predicted molar refractivity (Wildman–Crippen MR) is 67.8 cm³/mol. The zero-order valence-electron chi connectivity index (χ0n) is 11.5. The van der Waals surface area contributed by atoms with Crippen molar-refractivity contribution in [2.45, 2.75) is 52.6 Å². The summed E-state index contributed by atoms with van der Waals surface area (Å²) in [6.45, 7) is 11.2. The molecule has 0 aromatic carbocycles. The van der Waals surface area contributed by atoms with Gasteiger partial charge in [-0.15, -0.1) is 0 Å². The van der Waals surface area contributed by atoms with Gasteiger partial charge in [-0.05, 0) is 53.2 Å². The molecule has 0 N–H and O–H groups in total. The van der Waals surface area contributed by atoms with Crippen LogP contribution < -0.4 is 0 Å². The highest BCUT2D eigenvalue weighted by molar-refractivity contribution is 5.82. The second-order valence-corrected chi connectivity index (χ2v) is 5.80. The molecule has 1 rings (SSSR count). The molecule has 0 atom stereocenters. The second-order valence-electron chi connectivity index (χ2n) is 5.80. The van der Waals surface area contributed by atoms with Crippen LogP contribution in [-0.4, -0.2) is 16.6 Å². The van der Waals surface area contributed by atoms with E-state index in [9.17, 15) is 4.79 Å². The van der Waals surface area contributed by atoms with E-state index in [1.807, 2.05) is 53.7 Å². The lowest BCUT2D eigenvalue weighted by atomic mass is 9.86. The van der Waals surface area contributed by atoms with Gasteiger partial charge in [0.05, 0.1) is 5.69 Å². The normalized spacial score (nSPS) is 12.4. The molecule has 0 unspecified atom stereocenters. The van der Waals surface area contributed by atoms with Crippen molar-refractivity contribution in [1.29, 1.82) is 0 Å². The summed E-state index contributed by atoms with van der Waals surface area (Å²) in [4.78, 5) is 16.5. The van der Waals surface area contributed by atoms with E-state index in [2.05, 4.69) is 4.98 Å². The highest BCUT2D eigenvalue weighted by atomic mass is 16.6. The van der Waals surface area contributed by atoms with Crippen LogP contribution >= 0.6 is 0 Å². The molecule has 3 nitrogen and oxygen atoms in total. The van der Waals surface area contributed by atoms with Crippen molar-refractivity contribution < 1.29 is 9.53 Å². The number of hydrogen-bond acceptors (Lipinski definition) is 3. The Hall–Kier alpha value is -1.38. The molecule has 0 spiro atoms. The van der Waals surface area contributed by atoms with Gasteiger partial charge in [0, 0.05) is 6.20 Å². The van der Waals surface area contributed by atoms with Gasteiger partial charge in [-0.3, -0.25) is 9.78 Å². The van der Waals surface area contributed by atoms with Crippen molar-refractivity contribution >= 4 is 5.97 Å². The fourth-order valence-corrected chi connectivity index (χ4v) is 1.64. The topological polar surface area (TPSA) is 39.2 Å². The Morgan fingerprint density at radius 3 is 2.29 bits per heavy atom. The number of nitrogens with zero attached hydrogens (tertiary/aromatic N) is 1. The molecule has 3 heteroatoms. The average molecular weight is 235 g/mol. The number of carbonyl (C=O) groups is 1. The monoisotopic (exact) mass is 235 g/mol. The summed E-state index contributed by atoms with van der Waals surface area (Å²) in [5.41, 5.74) is 0.577. The molecule has 1 heterocycles. The van der Waals surface area contributed by atoms with Crippen LogP contribution in [0.1, 0.15) is 45.9 Å². The van der Waals surface area contributed by atoms with Crippen molar-refractivity contribution in [2.24, 2.45) is 0 Å². The SMILES string of the molecule is Cc1cccnc1C(C)(C)C(=O)OC(C)(C)C. The highest BCUT2D eigenvalue weighted by Crippen LogP contribution is 2.27. The van der Waals surface area contributed by atoms with Gasteiger partial charge >= 0.3 is 5.97 Å². The van der Waals surface area contributed by atoms with Gasteiger partial charge in [0.25, 0.3) is 0 Å². The third-order valence-corrected chi connectivity index (χ3v) is 2.51. The Morgan fingerprint density at radius 1 is 1.24 bits per heavy atom. The van der Waals surface area contributed by atoms with Gasteiger partial charge < -0.3 is 4.74 Å². The zero-order chi connectivity index (χ0) is 13.3. The van der Waals surface area contributed by atoms with Crippen LogP contribution in [0.3, 0.4) is 0 Å². The van der Waals surface area contributed by atoms with E-state index in [0.717, 1.165) is 11.3 Å². The van der Waals surface area contributed by atoms with Crippen LogP contribution in [-0.2, 0) is 14.9 Å². The van der Waals surface area contributed by atoms with Gasteiger partial charge in [0.15, 0.2) is 0 Å². The smallest absolute Gasteiger partial charge is 0.318 e. The van der Waals surface area contributed by atoms with Crippen molar-refractivity contribution in [3.8, 4) is 0 Å². The van der Waals surface area contributed by atoms with Gasteiger partial charge in [-0.25, -0.2) is 0 Å². The molecule has 0 amide bonds. The Kier molecular flexibility index (Phi) is 3.60. The van der Waals surface area contributed by atoms with Crippen LogP contribution in [0.4, 0.5) is 0 Å². The van der Waals surface area contributed by atoms with E-state index in [-0.39, 0.29) is 5.97 Å². The van der Waals surface area contributed by atoms with Crippen LogP contribution in [0.2, 0.25) is 0 Å². The van der Waals surface area contributed by atoms with Crippen LogP contribution in [0.15, 0.2) is 18.3 Å². The third-order valence-electron chi connectivity index (χ3n) is 2.51. The minimum atomic E-state index is -0.724. The number of esters is 1. The maximum Gasteiger partial charge on any atom is 0.318 e. The van der Waals surface area contributed by atoms with Crippen molar-refractivity contribution in [3.63, 3.8) is 0 Å². The van der Waals surface area contributed by atoms with Crippen LogP contribution in [0.25, 0.3) is 0 Å². The lowest BCUT2D eigenvalue weighted by Gasteiger charge is -2.28. The first-order chi connectivity index (χ1) is 7.64. The summed E-state index contributed by atoms with van der Waals surface area (Å²) in [6.07, 6.45) is 1.70. The number of ether oxygens (including phenoxy) is 1. The Labute approximate surface area is 103 Å². The van der Waals surface area contributed by atoms with Gasteiger partial charge in [-0.1, -0.05) is 6.07 Å². The molecule has 0 aliphatic carbocycles. The fourth-order valence-electron chi connectivity index (χ4n) is 1.64. The molecule has 0 saturated heterocycles. The number of carbonyl (C=O) groups excluding carboxylic acids is 1. The molecule has 94 valence electrons. The summed E-state index contributed by atoms with van der Waals surface area (Å²) in [7, 11) is 0. The summed E-state index contributed by atoms with van der Waals surface area (Å²) in [5.74, 6) is -0.244. The molecule has 1 aromatic heterocycles. The van der Waals surface area contributed by atoms with E-state index in [1.165, 1.54) is 0 Å². The molecule has 0 bridgehead atoms. The number of hydrogen-bond donors (Lipinski definition) is 0. The molecule has 0 saturated carbocycles. The van der Waals surface area contributed by atoms with Crippen molar-refractivity contribution in [1.82, 2.24) is 4.98 Å². The van der Waals surface area contributed by atoms with E-state index < -0.39 is 11.0 Å². The van der Waals surface area contributed by atoms with E-state index in [4.69, 9.17) is 4.74 Å². The number of aromatic nitrogens is 1. The molecule has 1 aromatic rings. The molecule has 0 radical (unpaired) electrons. The molecule has 0 aliphatic rings. The standard InChI is InChI=1S/C14H21NO2/c1-10-8-7-9-15-11(10)14(5,6)12(16)17-13(2,3)4/h7-9H,1-6H3. The van der Waals surface area contributed by atoms with Gasteiger partial charge in [0.2, 0.25) is 0 Å². The number of pyridine rings is 1. The minimum absolute atomic E-state index is 0.244. The zero-order valence-corrected chi connectivity index (χ0v) is 11.5. The lowest BCUT2D eigenvalue weighted by Crippen LogP contribution is -2.37. The summed E-state index contributed by atoms with van der Waals surface area (Å²) >= 11 is 0. The largest absolute Gasteiger partial charge is 0.459 e. The van der Waals surface area contributed by atoms with Crippen LogP contribution in [0, 0.1) is 6.92 Å². The van der Waals surface area contributed by atoms with Gasteiger partial charge in [0.1, 0.15) is 11.0 Å². The average Bonchev–Trinajstić information content (AvgIpc) is 2.15. The maximum absolute atomic E-state index is 12.2. The fraction of sp³-hybridized carbons (Fsp3) is 0.571. The first-order valence-electron chi connectivity index (χ1n) is 5.80. The lowest BCUT2D eigenvalue weighted by molar-refractivity contribution is -0.161. The second kappa shape index (κ2) is 4.47. The Morgan fingerprint density at radius 2 is 1.82 bits per heavy atom. The minimum Gasteiger partial charge on any atom is -0.459 e. The Balaban J connectivity index is 3.03. The van der Waals surface area contributed by atoms with E-state index in [1.54, 1.807) is 6.20 Å². The van der Waals surface area contributed by atoms with E-state index in [0.29, 0.717) is 0 Å². The quantitative estimate of drug-likeness (QED) is 0.740. The molecule has 0 fully saturated rings. The van der Waals surface area contributed by atoms with Crippen LogP contribution in [0.5, 0.6) is 0 Å². The first kappa shape index (κ1) is 13.7. The van der Waals surface area contributed by atoms with Crippen molar-refractivity contribution in [3.05, 3.63) is 29.6 Å². The number of aryl methyl sites for hydroxylation is 1. The van der Waals surface area contributed by atoms with Gasteiger partial charge in [-0.2, -0.15) is 0 Å². The number of rotatable bonds is 2. The third kappa shape index (κ3) is 3.29. The summed E-state index contributed by atoms with van der Waals surface area (Å²) in [6, 6.07) is 3.82. The molecular formula is C14H21NO2. The summed E-state index contributed by atoms with van der Waals surface area (Å²) < 4.78 is 5.43. The molecule has 0 aliphatic heterocycles. The summed E-state index contributed by atoms with van der Waals surface area (Å²) in [5, 5.41) is 0. The molecule has 17 heavy (non-hydrogen) atoms.